The summed E-state index contributed by atoms with van der Waals surface area (Å²) >= 11 is 12.3. The predicted molar refractivity (Wildman–Crippen MR) is 122 cm³/mol. The van der Waals surface area contributed by atoms with Gasteiger partial charge in [0, 0.05) is 15.6 Å². The molecule has 150 valence electrons. The Hall–Kier alpha value is -3.01. The van der Waals surface area contributed by atoms with Crippen LogP contribution in [0.4, 0.5) is 0 Å². The summed E-state index contributed by atoms with van der Waals surface area (Å²) in [4.78, 5) is 15.1. The average molecular weight is 436 g/mol. The minimum absolute atomic E-state index is 0.0734. The molecule has 3 aromatic rings. The molecule has 4 rings (SSSR count). The summed E-state index contributed by atoms with van der Waals surface area (Å²) < 4.78 is 5.23. The first-order valence-corrected chi connectivity index (χ1v) is 10.2. The quantitative estimate of drug-likeness (QED) is 0.429. The van der Waals surface area contributed by atoms with E-state index in [2.05, 4.69) is 0 Å². The van der Waals surface area contributed by atoms with E-state index in [-0.39, 0.29) is 5.91 Å². The molecule has 0 atom stereocenters. The SMILES string of the molecule is COc1ccc(CN2C(=O)/C(=C/c3ccc(Cl)cc3Cl)C=C2c2ccccc2)cc1. The first kappa shape index (κ1) is 20.3. The Bertz CT molecular complexity index is 1140. The average Bonchev–Trinajstić information content (AvgIpc) is 3.06. The lowest BCUT2D eigenvalue weighted by molar-refractivity contribution is -0.123. The highest BCUT2D eigenvalue weighted by Crippen LogP contribution is 2.33. The van der Waals surface area contributed by atoms with Gasteiger partial charge in [0.15, 0.2) is 0 Å². The van der Waals surface area contributed by atoms with Crippen molar-refractivity contribution < 1.29 is 9.53 Å². The van der Waals surface area contributed by atoms with Crippen LogP contribution >= 0.6 is 23.2 Å². The van der Waals surface area contributed by atoms with Gasteiger partial charge in [0.25, 0.3) is 5.91 Å². The standard InChI is InChI=1S/C25H19Cl2NO2/c1-30-22-11-7-17(8-12-22)16-28-24(18-5-3-2-4-6-18)14-20(25(28)29)13-19-9-10-21(26)15-23(19)27/h2-15H,16H2,1H3/b20-13+. The normalized spacial score (nSPS) is 14.9. The van der Waals surface area contributed by atoms with E-state index in [9.17, 15) is 4.79 Å². The lowest BCUT2D eigenvalue weighted by Crippen LogP contribution is -2.25. The Morgan fingerprint density at radius 1 is 0.967 bits per heavy atom. The maximum absolute atomic E-state index is 13.3. The first-order valence-electron chi connectivity index (χ1n) is 9.44. The van der Waals surface area contributed by atoms with E-state index >= 15 is 0 Å². The van der Waals surface area contributed by atoms with Crippen LogP contribution in [0, 0.1) is 0 Å². The highest BCUT2D eigenvalue weighted by molar-refractivity contribution is 6.35. The molecule has 5 heteroatoms. The van der Waals surface area contributed by atoms with Gasteiger partial charge in [-0.15, -0.1) is 0 Å². The van der Waals surface area contributed by atoms with Crippen molar-refractivity contribution >= 4 is 40.9 Å². The second-order valence-corrected chi connectivity index (χ2v) is 7.74. The molecule has 1 aliphatic heterocycles. The van der Waals surface area contributed by atoms with Gasteiger partial charge in [-0.3, -0.25) is 4.79 Å². The van der Waals surface area contributed by atoms with Crippen LogP contribution < -0.4 is 4.74 Å². The van der Waals surface area contributed by atoms with Crippen LogP contribution in [0.2, 0.25) is 10.0 Å². The van der Waals surface area contributed by atoms with Crippen molar-refractivity contribution in [2.75, 3.05) is 7.11 Å². The number of halogens is 2. The molecule has 0 spiro atoms. The Labute approximate surface area is 185 Å². The third kappa shape index (κ3) is 4.28. The van der Waals surface area contributed by atoms with E-state index in [4.69, 9.17) is 27.9 Å². The Morgan fingerprint density at radius 2 is 1.70 bits per heavy atom. The fraction of sp³-hybridized carbons (Fsp3) is 0.0800. The summed E-state index contributed by atoms with van der Waals surface area (Å²) in [6, 6.07) is 22.8. The van der Waals surface area contributed by atoms with Crippen molar-refractivity contribution in [3.8, 4) is 5.75 Å². The van der Waals surface area contributed by atoms with Gasteiger partial charge in [-0.25, -0.2) is 0 Å². The van der Waals surface area contributed by atoms with Gasteiger partial charge in [0.1, 0.15) is 5.75 Å². The van der Waals surface area contributed by atoms with E-state index < -0.39 is 0 Å². The van der Waals surface area contributed by atoms with Gasteiger partial charge in [-0.1, -0.05) is 71.7 Å². The van der Waals surface area contributed by atoms with E-state index in [1.807, 2.05) is 66.7 Å². The number of benzene rings is 3. The number of methoxy groups -OCH3 is 1. The summed E-state index contributed by atoms with van der Waals surface area (Å²) in [7, 11) is 1.63. The third-order valence-electron chi connectivity index (χ3n) is 4.92. The lowest BCUT2D eigenvalue weighted by Gasteiger charge is -2.21. The molecule has 0 aromatic heterocycles. The van der Waals surface area contributed by atoms with Gasteiger partial charge in [0.05, 0.1) is 19.4 Å². The molecule has 3 nitrogen and oxygen atoms in total. The first-order chi connectivity index (χ1) is 14.5. The monoisotopic (exact) mass is 435 g/mol. The van der Waals surface area contributed by atoms with E-state index in [0.29, 0.717) is 22.2 Å². The topological polar surface area (TPSA) is 29.5 Å². The molecule has 0 saturated carbocycles. The maximum Gasteiger partial charge on any atom is 0.258 e. The van der Waals surface area contributed by atoms with Crippen LogP contribution in [0.5, 0.6) is 5.75 Å². The molecule has 1 aliphatic rings. The zero-order chi connectivity index (χ0) is 21.1. The molecule has 3 aromatic carbocycles. The van der Waals surface area contributed by atoms with E-state index in [1.54, 1.807) is 30.2 Å². The van der Waals surface area contributed by atoms with Crippen molar-refractivity contribution in [3.05, 3.63) is 111 Å². The largest absolute Gasteiger partial charge is 0.497 e. The highest BCUT2D eigenvalue weighted by atomic mass is 35.5. The van der Waals surface area contributed by atoms with Crippen molar-refractivity contribution in [1.29, 1.82) is 0 Å². The lowest BCUT2D eigenvalue weighted by atomic mass is 10.1. The molecule has 0 bridgehead atoms. The van der Waals surface area contributed by atoms with Crippen LogP contribution in [0.3, 0.4) is 0 Å². The maximum atomic E-state index is 13.3. The van der Waals surface area contributed by atoms with E-state index in [1.165, 1.54) is 0 Å². The molecule has 0 aliphatic carbocycles. The number of hydrogen-bond donors (Lipinski definition) is 0. The van der Waals surface area contributed by atoms with Crippen LogP contribution in [0.1, 0.15) is 16.7 Å². The van der Waals surface area contributed by atoms with E-state index in [0.717, 1.165) is 28.1 Å². The van der Waals surface area contributed by atoms with Crippen molar-refractivity contribution in [2.45, 2.75) is 6.54 Å². The fourth-order valence-corrected chi connectivity index (χ4v) is 3.82. The minimum atomic E-state index is -0.0734. The van der Waals surface area contributed by atoms with Gasteiger partial charge in [-0.2, -0.15) is 0 Å². The summed E-state index contributed by atoms with van der Waals surface area (Å²) in [5.41, 5.74) is 4.17. The van der Waals surface area contributed by atoms with Gasteiger partial charge in [-0.05, 0) is 53.1 Å². The molecular formula is C25H19Cl2NO2. The zero-order valence-corrected chi connectivity index (χ0v) is 17.8. The predicted octanol–water partition coefficient (Wildman–Crippen LogP) is 6.47. The zero-order valence-electron chi connectivity index (χ0n) is 16.3. The molecule has 0 saturated heterocycles. The molecule has 0 unspecified atom stereocenters. The fourth-order valence-electron chi connectivity index (χ4n) is 3.36. The van der Waals surface area contributed by atoms with Crippen molar-refractivity contribution in [1.82, 2.24) is 4.90 Å². The number of hydrogen-bond acceptors (Lipinski definition) is 2. The molecule has 0 fully saturated rings. The number of amides is 1. The Morgan fingerprint density at radius 3 is 2.37 bits per heavy atom. The van der Waals surface area contributed by atoms with Crippen LogP contribution in [-0.4, -0.2) is 17.9 Å². The Kier molecular flexibility index (Phi) is 5.93. The van der Waals surface area contributed by atoms with Gasteiger partial charge >= 0.3 is 0 Å². The second-order valence-electron chi connectivity index (χ2n) is 6.90. The van der Waals surface area contributed by atoms with Crippen LogP contribution in [-0.2, 0) is 11.3 Å². The van der Waals surface area contributed by atoms with Crippen LogP contribution in [0.25, 0.3) is 11.8 Å². The molecule has 0 radical (unpaired) electrons. The smallest absolute Gasteiger partial charge is 0.258 e. The van der Waals surface area contributed by atoms with Crippen molar-refractivity contribution in [2.24, 2.45) is 0 Å². The summed E-state index contributed by atoms with van der Waals surface area (Å²) in [6.07, 6.45) is 3.71. The molecule has 0 N–H and O–H groups in total. The van der Waals surface area contributed by atoms with Crippen molar-refractivity contribution in [3.63, 3.8) is 0 Å². The highest BCUT2D eigenvalue weighted by Gasteiger charge is 2.29. The molecular weight excluding hydrogens is 417 g/mol. The Balaban J connectivity index is 1.72. The number of carbonyl (C=O) groups is 1. The minimum Gasteiger partial charge on any atom is -0.497 e. The number of carbonyl (C=O) groups excluding carboxylic acids is 1. The molecule has 1 heterocycles. The molecule has 30 heavy (non-hydrogen) atoms. The van der Waals surface area contributed by atoms with Crippen LogP contribution in [0.15, 0.2) is 84.4 Å². The third-order valence-corrected chi connectivity index (χ3v) is 5.48. The van der Waals surface area contributed by atoms with Gasteiger partial charge < -0.3 is 9.64 Å². The summed E-state index contributed by atoms with van der Waals surface area (Å²) in [6.45, 7) is 0.454. The number of ether oxygens (including phenoxy) is 1. The van der Waals surface area contributed by atoms with Gasteiger partial charge in [0.2, 0.25) is 0 Å². The summed E-state index contributed by atoms with van der Waals surface area (Å²) in [5, 5.41) is 1.06. The second kappa shape index (κ2) is 8.78. The number of rotatable bonds is 5. The number of nitrogens with zero attached hydrogens (tertiary/aromatic N) is 1. The summed E-state index contributed by atoms with van der Waals surface area (Å²) in [5.74, 6) is 0.707. The molecule has 1 amide bonds.